The molecule has 0 heterocycles. The fourth-order valence-electron chi connectivity index (χ4n) is 2.30. The van der Waals surface area contributed by atoms with Crippen LogP contribution in [0.15, 0.2) is 48.5 Å². The molecule has 0 saturated carbocycles. The first-order chi connectivity index (χ1) is 11.2. The largest absolute Gasteiger partial charge is 0.457 e. The first kappa shape index (κ1) is 16.6. The normalized spacial score (nSPS) is 9.96. The summed E-state index contributed by atoms with van der Waals surface area (Å²) in [7, 11) is 0. The van der Waals surface area contributed by atoms with Gasteiger partial charge in [-0.2, -0.15) is 5.26 Å². The number of nitrogens with zero attached hydrogens (tertiary/aromatic N) is 2. The second kappa shape index (κ2) is 8.00. The summed E-state index contributed by atoms with van der Waals surface area (Å²) >= 11 is 0. The number of hydrogen-bond acceptors (Lipinski definition) is 4. The third-order valence-corrected chi connectivity index (χ3v) is 3.68. The molecule has 23 heavy (non-hydrogen) atoms. The van der Waals surface area contributed by atoms with E-state index in [0.29, 0.717) is 11.1 Å². The average Bonchev–Trinajstić information content (AvgIpc) is 2.61. The van der Waals surface area contributed by atoms with Crippen LogP contribution in [0.25, 0.3) is 0 Å². The molecule has 0 spiro atoms. The molecule has 0 unspecified atom stereocenters. The molecule has 0 bridgehead atoms. The van der Waals surface area contributed by atoms with Crippen molar-refractivity contribution in [2.24, 2.45) is 0 Å². The van der Waals surface area contributed by atoms with Gasteiger partial charge >= 0.3 is 5.97 Å². The molecule has 2 aromatic carbocycles. The van der Waals surface area contributed by atoms with Crippen LogP contribution in [-0.2, 0) is 11.3 Å². The molecule has 0 aliphatic rings. The standard InChI is InChI=1S/C19H20N2O2/c1-3-21(4-2)18-11-9-17(10-12-18)19(22)23-14-16-7-5-15(13-20)6-8-16/h5-12H,3-4,14H2,1-2H3. The van der Waals surface area contributed by atoms with Gasteiger partial charge in [0, 0.05) is 18.8 Å². The maximum absolute atomic E-state index is 12.1. The number of carbonyl (C=O) groups excluding carboxylic acids is 1. The molecule has 0 atom stereocenters. The van der Waals surface area contributed by atoms with E-state index in [0.717, 1.165) is 24.3 Å². The van der Waals surface area contributed by atoms with E-state index in [1.807, 2.05) is 12.1 Å². The minimum Gasteiger partial charge on any atom is -0.457 e. The van der Waals surface area contributed by atoms with Crippen molar-refractivity contribution in [3.05, 3.63) is 65.2 Å². The second-order valence-electron chi connectivity index (χ2n) is 5.10. The molecular weight excluding hydrogens is 288 g/mol. The van der Waals surface area contributed by atoms with Gasteiger partial charge in [0.05, 0.1) is 17.2 Å². The molecule has 0 N–H and O–H groups in total. The number of rotatable bonds is 6. The molecule has 0 amide bonds. The molecule has 2 rings (SSSR count). The van der Waals surface area contributed by atoms with E-state index < -0.39 is 0 Å². The van der Waals surface area contributed by atoms with Gasteiger partial charge < -0.3 is 9.64 Å². The number of hydrogen-bond donors (Lipinski definition) is 0. The van der Waals surface area contributed by atoms with E-state index in [1.165, 1.54) is 0 Å². The Labute approximate surface area is 136 Å². The smallest absolute Gasteiger partial charge is 0.338 e. The van der Waals surface area contributed by atoms with Crippen molar-refractivity contribution >= 4 is 11.7 Å². The first-order valence-corrected chi connectivity index (χ1v) is 7.69. The number of benzene rings is 2. The molecule has 0 aliphatic heterocycles. The highest BCUT2D eigenvalue weighted by molar-refractivity contribution is 5.89. The van der Waals surface area contributed by atoms with E-state index in [-0.39, 0.29) is 12.6 Å². The predicted molar refractivity (Wildman–Crippen MR) is 90.3 cm³/mol. The van der Waals surface area contributed by atoms with Gasteiger partial charge in [-0.3, -0.25) is 0 Å². The third kappa shape index (κ3) is 4.33. The summed E-state index contributed by atoms with van der Waals surface area (Å²) in [5.74, 6) is -0.347. The minimum atomic E-state index is -0.347. The molecule has 0 aromatic heterocycles. The molecule has 0 fully saturated rings. The van der Waals surface area contributed by atoms with Crippen molar-refractivity contribution in [3.8, 4) is 6.07 Å². The van der Waals surface area contributed by atoms with Gasteiger partial charge in [-0.25, -0.2) is 4.79 Å². The van der Waals surface area contributed by atoms with Crippen LogP contribution < -0.4 is 4.90 Å². The van der Waals surface area contributed by atoms with Crippen molar-refractivity contribution in [3.63, 3.8) is 0 Å². The number of nitriles is 1. The maximum Gasteiger partial charge on any atom is 0.338 e. The SMILES string of the molecule is CCN(CC)c1ccc(C(=O)OCc2ccc(C#N)cc2)cc1. The Morgan fingerprint density at radius 3 is 2.17 bits per heavy atom. The average molecular weight is 308 g/mol. The highest BCUT2D eigenvalue weighted by Crippen LogP contribution is 2.16. The molecule has 2 aromatic rings. The summed E-state index contributed by atoms with van der Waals surface area (Å²) in [4.78, 5) is 14.3. The topological polar surface area (TPSA) is 53.3 Å². The highest BCUT2D eigenvalue weighted by Gasteiger charge is 2.09. The maximum atomic E-state index is 12.1. The van der Waals surface area contributed by atoms with Crippen LogP contribution in [-0.4, -0.2) is 19.1 Å². The molecule has 0 radical (unpaired) electrons. The zero-order valence-electron chi connectivity index (χ0n) is 13.5. The van der Waals surface area contributed by atoms with Crippen molar-refractivity contribution in [2.75, 3.05) is 18.0 Å². The van der Waals surface area contributed by atoms with Gasteiger partial charge in [-0.1, -0.05) is 12.1 Å². The van der Waals surface area contributed by atoms with Crippen molar-refractivity contribution in [1.82, 2.24) is 0 Å². The Morgan fingerprint density at radius 1 is 1.04 bits per heavy atom. The zero-order chi connectivity index (χ0) is 16.7. The lowest BCUT2D eigenvalue weighted by Gasteiger charge is -2.20. The molecule has 0 aliphatic carbocycles. The minimum absolute atomic E-state index is 0.197. The summed E-state index contributed by atoms with van der Waals surface area (Å²) in [6.07, 6.45) is 0. The van der Waals surface area contributed by atoms with Crippen molar-refractivity contribution in [1.29, 1.82) is 5.26 Å². The van der Waals surface area contributed by atoms with Crippen molar-refractivity contribution < 1.29 is 9.53 Å². The molecule has 118 valence electrons. The molecular formula is C19H20N2O2. The highest BCUT2D eigenvalue weighted by atomic mass is 16.5. The predicted octanol–water partition coefficient (Wildman–Crippen LogP) is 3.76. The Balaban J connectivity index is 1.96. The van der Waals surface area contributed by atoms with Crippen LogP contribution in [0.5, 0.6) is 0 Å². The Kier molecular flexibility index (Phi) is 5.76. The van der Waals surface area contributed by atoms with Crippen LogP contribution in [0, 0.1) is 11.3 Å². The lowest BCUT2D eigenvalue weighted by molar-refractivity contribution is 0.0473. The second-order valence-corrected chi connectivity index (χ2v) is 5.10. The number of carbonyl (C=O) groups is 1. The van der Waals surface area contributed by atoms with E-state index in [1.54, 1.807) is 36.4 Å². The van der Waals surface area contributed by atoms with E-state index >= 15 is 0 Å². The molecule has 4 nitrogen and oxygen atoms in total. The van der Waals surface area contributed by atoms with Gasteiger partial charge in [-0.05, 0) is 55.8 Å². The van der Waals surface area contributed by atoms with E-state index in [9.17, 15) is 4.79 Å². The van der Waals surface area contributed by atoms with Gasteiger partial charge in [0.15, 0.2) is 0 Å². The van der Waals surface area contributed by atoms with Gasteiger partial charge in [0.25, 0.3) is 0 Å². The zero-order valence-corrected chi connectivity index (χ0v) is 13.5. The van der Waals surface area contributed by atoms with Crippen LogP contribution >= 0.6 is 0 Å². The summed E-state index contributed by atoms with van der Waals surface area (Å²) in [6.45, 7) is 6.26. The lowest BCUT2D eigenvalue weighted by Crippen LogP contribution is -2.21. The summed E-state index contributed by atoms with van der Waals surface area (Å²) in [5.41, 5.74) is 3.08. The summed E-state index contributed by atoms with van der Waals surface area (Å²) in [6, 6.07) is 16.5. The van der Waals surface area contributed by atoms with Crippen molar-refractivity contribution in [2.45, 2.75) is 20.5 Å². The van der Waals surface area contributed by atoms with Gasteiger partial charge in [0.2, 0.25) is 0 Å². The summed E-state index contributed by atoms with van der Waals surface area (Å²) < 4.78 is 5.31. The Hall–Kier alpha value is -2.80. The Morgan fingerprint density at radius 2 is 1.65 bits per heavy atom. The van der Waals surface area contributed by atoms with Crippen LogP contribution in [0.1, 0.15) is 35.3 Å². The molecule has 4 heteroatoms. The summed E-state index contributed by atoms with van der Waals surface area (Å²) in [5, 5.41) is 8.75. The van der Waals surface area contributed by atoms with Gasteiger partial charge in [0.1, 0.15) is 6.61 Å². The van der Waals surface area contributed by atoms with Gasteiger partial charge in [-0.15, -0.1) is 0 Å². The fourth-order valence-corrected chi connectivity index (χ4v) is 2.30. The lowest BCUT2D eigenvalue weighted by atomic mass is 10.1. The number of esters is 1. The molecule has 0 saturated heterocycles. The number of anilines is 1. The van der Waals surface area contributed by atoms with Crippen LogP contribution in [0.4, 0.5) is 5.69 Å². The monoisotopic (exact) mass is 308 g/mol. The van der Waals surface area contributed by atoms with E-state index in [2.05, 4.69) is 24.8 Å². The third-order valence-electron chi connectivity index (χ3n) is 3.68. The fraction of sp³-hybridized carbons (Fsp3) is 0.263. The number of ether oxygens (including phenoxy) is 1. The Bertz CT molecular complexity index is 681. The van der Waals surface area contributed by atoms with Crippen LogP contribution in [0.2, 0.25) is 0 Å². The van der Waals surface area contributed by atoms with E-state index in [4.69, 9.17) is 10.00 Å². The quantitative estimate of drug-likeness (QED) is 0.762. The van der Waals surface area contributed by atoms with Crippen LogP contribution in [0.3, 0.4) is 0 Å². The first-order valence-electron chi connectivity index (χ1n) is 7.69.